The molecule has 0 aliphatic heterocycles. The van der Waals surface area contributed by atoms with E-state index in [-0.39, 0.29) is 0 Å². The fourth-order valence-corrected chi connectivity index (χ4v) is 2.61. The Labute approximate surface area is 141 Å². The predicted octanol–water partition coefficient (Wildman–Crippen LogP) is 1.94. The van der Waals surface area contributed by atoms with E-state index >= 15 is 0 Å². The Morgan fingerprint density at radius 2 is 1.78 bits per heavy atom. The van der Waals surface area contributed by atoms with Gasteiger partial charge in [-0.1, -0.05) is 25.7 Å². The van der Waals surface area contributed by atoms with Crippen LogP contribution in [-0.2, 0) is 14.2 Å². The molecule has 0 amide bonds. The second kappa shape index (κ2) is 14.7. The first kappa shape index (κ1) is 20.2. The third kappa shape index (κ3) is 11.3. The van der Waals surface area contributed by atoms with Crippen molar-refractivity contribution in [1.29, 1.82) is 0 Å². The zero-order valence-corrected chi connectivity index (χ0v) is 14.9. The van der Waals surface area contributed by atoms with Crippen molar-refractivity contribution in [2.45, 2.75) is 51.6 Å². The van der Waals surface area contributed by atoms with Crippen molar-refractivity contribution in [3.8, 4) is 0 Å². The van der Waals surface area contributed by atoms with Gasteiger partial charge in [0.05, 0.1) is 39.1 Å². The van der Waals surface area contributed by atoms with Gasteiger partial charge in [0.1, 0.15) is 0 Å². The first-order valence-electron chi connectivity index (χ1n) is 9.07. The molecule has 6 heteroatoms. The maximum Gasteiger partial charge on any atom is 0.191 e. The second-order valence-electron chi connectivity index (χ2n) is 5.78. The highest BCUT2D eigenvalue weighted by Crippen LogP contribution is 2.19. The van der Waals surface area contributed by atoms with Crippen LogP contribution in [0.2, 0.25) is 0 Å². The number of guanidine groups is 1. The van der Waals surface area contributed by atoms with Gasteiger partial charge in [-0.2, -0.15) is 0 Å². The molecule has 0 bridgehead atoms. The maximum atomic E-state index is 5.96. The highest BCUT2D eigenvalue weighted by molar-refractivity contribution is 5.79. The average Bonchev–Trinajstić information content (AvgIpc) is 2.83. The summed E-state index contributed by atoms with van der Waals surface area (Å²) in [6.45, 7) is 6.94. The number of hydrogen-bond acceptors (Lipinski definition) is 4. The Hall–Kier alpha value is -0.850. The SMILES string of the molecule is CCNC(=NCCOC1CCCCCC1)NCCOCCOC. The number of methoxy groups -OCH3 is 1. The van der Waals surface area contributed by atoms with E-state index in [2.05, 4.69) is 22.5 Å². The number of nitrogens with one attached hydrogen (secondary N) is 2. The van der Waals surface area contributed by atoms with E-state index in [9.17, 15) is 0 Å². The van der Waals surface area contributed by atoms with E-state index in [1.54, 1.807) is 7.11 Å². The maximum absolute atomic E-state index is 5.96. The predicted molar refractivity (Wildman–Crippen MR) is 94.1 cm³/mol. The standard InChI is InChI=1S/C17H35N3O3/c1-3-18-17(19-10-12-22-15-14-21-2)20-11-13-23-16-8-6-4-5-7-9-16/h16H,3-15H2,1-2H3,(H2,18,19,20). The van der Waals surface area contributed by atoms with Crippen LogP contribution in [0.15, 0.2) is 4.99 Å². The lowest BCUT2D eigenvalue weighted by atomic mass is 10.1. The van der Waals surface area contributed by atoms with E-state index < -0.39 is 0 Å². The molecule has 0 aromatic heterocycles. The van der Waals surface area contributed by atoms with E-state index in [0.29, 0.717) is 39.1 Å². The molecule has 2 N–H and O–H groups in total. The van der Waals surface area contributed by atoms with Gasteiger partial charge in [0.25, 0.3) is 0 Å². The van der Waals surface area contributed by atoms with E-state index in [1.807, 2.05) is 0 Å². The van der Waals surface area contributed by atoms with E-state index in [4.69, 9.17) is 14.2 Å². The van der Waals surface area contributed by atoms with Crippen molar-refractivity contribution in [2.24, 2.45) is 4.99 Å². The molecule has 0 atom stereocenters. The lowest BCUT2D eigenvalue weighted by Crippen LogP contribution is -2.39. The summed E-state index contributed by atoms with van der Waals surface area (Å²) in [7, 11) is 1.68. The summed E-state index contributed by atoms with van der Waals surface area (Å²) in [6.07, 6.45) is 8.19. The van der Waals surface area contributed by atoms with Crippen molar-refractivity contribution in [3.05, 3.63) is 0 Å². The Kier molecular flexibility index (Phi) is 12.9. The van der Waals surface area contributed by atoms with Gasteiger partial charge in [-0.25, -0.2) is 0 Å². The lowest BCUT2D eigenvalue weighted by molar-refractivity contribution is 0.0487. The van der Waals surface area contributed by atoms with Gasteiger partial charge in [0.2, 0.25) is 0 Å². The molecule has 1 aliphatic rings. The van der Waals surface area contributed by atoms with Crippen molar-refractivity contribution >= 4 is 5.96 Å². The number of rotatable bonds is 11. The molecule has 1 rings (SSSR count). The molecule has 6 nitrogen and oxygen atoms in total. The summed E-state index contributed by atoms with van der Waals surface area (Å²) in [5, 5.41) is 6.50. The van der Waals surface area contributed by atoms with Gasteiger partial charge >= 0.3 is 0 Å². The Morgan fingerprint density at radius 1 is 1.00 bits per heavy atom. The molecule has 0 saturated heterocycles. The highest BCUT2D eigenvalue weighted by Gasteiger charge is 2.11. The molecule has 1 fully saturated rings. The number of aliphatic imine (C=N–C) groups is 1. The fourth-order valence-electron chi connectivity index (χ4n) is 2.61. The van der Waals surface area contributed by atoms with Crippen LogP contribution in [0, 0.1) is 0 Å². The molecule has 23 heavy (non-hydrogen) atoms. The summed E-state index contributed by atoms with van der Waals surface area (Å²) < 4.78 is 16.3. The normalized spacial score (nSPS) is 17.0. The fraction of sp³-hybridized carbons (Fsp3) is 0.941. The van der Waals surface area contributed by atoms with Crippen molar-refractivity contribution in [3.63, 3.8) is 0 Å². The lowest BCUT2D eigenvalue weighted by Gasteiger charge is -2.15. The summed E-state index contributed by atoms with van der Waals surface area (Å²) in [5.74, 6) is 0.826. The third-order valence-corrected chi connectivity index (χ3v) is 3.83. The molecule has 0 unspecified atom stereocenters. The van der Waals surface area contributed by atoms with Crippen LogP contribution in [0.1, 0.15) is 45.4 Å². The summed E-state index contributed by atoms with van der Waals surface area (Å²) in [6, 6.07) is 0. The summed E-state index contributed by atoms with van der Waals surface area (Å²) in [5.41, 5.74) is 0. The molecule has 0 spiro atoms. The molecule has 0 heterocycles. The Balaban J connectivity index is 2.12. The monoisotopic (exact) mass is 329 g/mol. The van der Waals surface area contributed by atoms with E-state index in [1.165, 1.54) is 38.5 Å². The molecule has 0 radical (unpaired) electrons. The largest absolute Gasteiger partial charge is 0.382 e. The van der Waals surface area contributed by atoms with Crippen LogP contribution in [0.5, 0.6) is 0 Å². The minimum absolute atomic E-state index is 0.442. The molecule has 0 aromatic rings. The highest BCUT2D eigenvalue weighted by atomic mass is 16.5. The van der Waals surface area contributed by atoms with Crippen molar-refractivity contribution in [1.82, 2.24) is 10.6 Å². The average molecular weight is 329 g/mol. The number of hydrogen-bond donors (Lipinski definition) is 2. The van der Waals surface area contributed by atoms with Gasteiger partial charge in [-0.3, -0.25) is 4.99 Å². The molecular formula is C17H35N3O3. The van der Waals surface area contributed by atoms with Crippen molar-refractivity contribution in [2.75, 3.05) is 53.2 Å². The number of ether oxygens (including phenoxy) is 3. The molecular weight excluding hydrogens is 294 g/mol. The van der Waals surface area contributed by atoms with Crippen LogP contribution in [0.4, 0.5) is 0 Å². The molecule has 1 saturated carbocycles. The third-order valence-electron chi connectivity index (χ3n) is 3.83. The van der Waals surface area contributed by atoms with Gasteiger partial charge in [-0.05, 0) is 19.8 Å². The quantitative estimate of drug-likeness (QED) is 0.262. The van der Waals surface area contributed by atoms with Crippen molar-refractivity contribution < 1.29 is 14.2 Å². The van der Waals surface area contributed by atoms with Crippen LogP contribution < -0.4 is 10.6 Å². The Morgan fingerprint density at radius 3 is 2.48 bits per heavy atom. The van der Waals surface area contributed by atoms with Gasteiger partial charge < -0.3 is 24.8 Å². The van der Waals surface area contributed by atoms with Crippen LogP contribution >= 0.6 is 0 Å². The summed E-state index contributed by atoms with van der Waals surface area (Å²) in [4.78, 5) is 4.54. The zero-order chi connectivity index (χ0) is 16.6. The summed E-state index contributed by atoms with van der Waals surface area (Å²) >= 11 is 0. The van der Waals surface area contributed by atoms with Gasteiger partial charge in [-0.15, -0.1) is 0 Å². The Bertz CT molecular complexity index is 293. The number of nitrogens with zero attached hydrogens (tertiary/aromatic N) is 1. The second-order valence-corrected chi connectivity index (χ2v) is 5.78. The topological polar surface area (TPSA) is 64.1 Å². The minimum atomic E-state index is 0.442. The van der Waals surface area contributed by atoms with Crippen LogP contribution in [-0.4, -0.2) is 65.2 Å². The van der Waals surface area contributed by atoms with Gasteiger partial charge in [0, 0.05) is 20.2 Å². The minimum Gasteiger partial charge on any atom is -0.382 e. The zero-order valence-electron chi connectivity index (χ0n) is 14.9. The smallest absolute Gasteiger partial charge is 0.191 e. The molecule has 136 valence electrons. The molecule has 1 aliphatic carbocycles. The van der Waals surface area contributed by atoms with Crippen LogP contribution in [0.3, 0.4) is 0 Å². The first-order chi connectivity index (χ1) is 11.4. The van der Waals surface area contributed by atoms with Crippen LogP contribution in [0.25, 0.3) is 0 Å². The van der Waals surface area contributed by atoms with E-state index in [0.717, 1.165) is 19.0 Å². The first-order valence-corrected chi connectivity index (χ1v) is 9.07. The van der Waals surface area contributed by atoms with Gasteiger partial charge in [0.15, 0.2) is 5.96 Å². The molecule has 0 aromatic carbocycles.